The van der Waals surface area contributed by atoms with Crippen LogP contribution in [-0.4, -0.2) is 59.6 Å². The summed E-state index contributed by atoms with van der Waals surface area (Å²) in [6, 6.07) is 0.721. The van der Waals surface area contributed by atoms with Crippen molar-refractivity contribution < 1.29 is 9.90 Å². The number of hydrogen-bond donors (Lipinski definition) is 1. The third-order valence-corrected chi connectivity index (χ3v) is 2.82. The molecule has 14 heavy (non-hydrogen) atoms. The van der Waals surface area contributed by atoms with Gasteiger partial charge in [-0.1, -0.05) is 0 Å². The van der Waals surface area contributed by atoms with Crippen molar-refractivity contribution in [2.75, 3.05) is 26.7 Å². The fourth-order valence-corrected chi connectivity index (χ4v) is 2.07. The van der Waals surface area contributed by atoms with Crippen LogP contribution in [0.15, 0.2) is 0 Å². The standard InChI is InChI=1S/C10H20N2O2/c1-8(2)12(7-10(13)14)9-4-5-11(3)6-9/h8-9H,4-7H2,1-3H3,(H,13,14)/t9-/m0/s1. The van der Waals surface area contributed by atoms with Crippen molar-refractivity contribution in [1.82, 2.24) is 9.80 Å². The van der Waals surface area contributed by atoms with Crippen molar-refractivity contribution in [1.29, 1.82) is 0 Å². The van der Waals surface area contributed by atoms with Crippen LogP contribution in [0, 0.1) is 0 Å². The van der Waals surface area contributed by atoms with Crippen LogP contribution in [0.2, 0.25) is 0 Å². The molecule has 0 bridgehead atoms. The van der Waals surface area contributed by atoms with Gasteiger partial charge in [0.25, 0.3) is 0 Å². The SMILES string of the molecule is CC(C)N(CC(=O)O)[C@H]1CCN(C)C1. The minimum Gasteiger partial charge on any atom is -0.480 e. The third-order valence-electron chi connectivity index (χ3n) is 2.82. The minimum absolute atomic E-state index is 0.163. The van der Waals surface area contributed by atoms with Crippen molar-refractivity contribution in [2.24, 2.45) is 0 Å². The minimum atomic E-state index is -0.728. The molecule has 1 rings (SSSR count). The lowest BCUT2D eigenvalue weighted by atomic mass is 10.2. The van der Waals surface area contributed by atoms with Gasteiger partial charge in [0.1, 0.15) is 0 Å². The Morgan fingerprint density at radius 1 is 1.64 bits per heavy atom. The van der Waals surface area contributed by atoms with Gasteiger partial charge in [0, 0.05) is 18.6 Å². The highest BCUT2D eigenvalue weighted by Crippen LogP contribution is 2.16. The van der Waals surface area contributed by atoms with E-state index >= 15 is 0 Å². The number of nitrogens with zero attached hydrogens (tertiary/aromatic N) is 2. The number of carbonyl (C=O) groups is 1. The lowest BCUT2D eigenvalue weighted by Crippen LogP contribution is -2.44. The second kappa shape index (κ2) is 4.75. The molecule has 0 spiro atoms. The van der Waals surface area contributed by atoms with Crippen molar-refractivity contribution in [3.05, 3.63) is 0 Å². The van der Waals surface area contributed by atoms with E-state index in [2.05, 4.69) is 30.7 Å². The normalized spacial score (nSPS) is 23.6. The highest BCUT2D eigenvalue weighted by molar-refractivity contribution is 5.69. The van der Waals surface area contributed by atoms with Crippen molar-refractivity contribution in [3.8, 4) is 0 Å². The van der Waals surface area contributed by atoms with E-state index in [1.54, 1.807) is 0 Å². The Morgan fingerprint density at radius 2 is 2.29 bits per heavy atom. The van der Waals surface area contributed by atoms with E-state index < -0.39 is 5.97 Å². The van der Waals surface area contributed by atoms with Crippen LogP contribution in [0.5, 0.6) is 0 Å². The average Bonchev–Trinajstić information content (AvgIpc) is 2.46. The molecule has 0 saturated carbocycles. The maximum atomic E-state index is 10.7. The summed E-state index contributed by atoms with van der Waals surface area (Å²) in [4.78, 5) is 15.0. The molecular weight excluding hydrogens is 180 g/mol. The second-order valence-electron chi connectivity index (χ2n) is 4.36. The number of carboxylic acids is 1. The van der Waals surface area contributed by atoms with Crippen molar-refractivity contribution >= 4 is 5.97 Å². The predicted molar refractivity (Wildman–Crippen MR) is 55.4 cm³/mol. The lowest BCUT2D eigenvalue weighted by Gasteiger charge is -2.30. The van der Waals surface area contributed by atoms with Crippen LogP contribution in [-0.2, 0) is 4.79 Å². The molecule has 82 valence electrons. The summed E-state index contributed by atoms with van der Waals surface area (Å²) in [7, 11) is 2.08. The summed E-state index contributed by atoms with van der Waals surface area (Å²) >= 11 is 0. The number of hydrogen-bond acceptors (Lipinski definition) is 3. The first-order chi connectivity index (χ1) is 6.50. The Kier molecular flexibility index (Phi) is 3.89. The molecule has 0 aromatic heterocycles. The number of aliphatic carboxylic acids is 1. The third kappa shape index (κ3) is 2.96. The molecule has 4 heteroatoms. The molecule has 0 unspecified atom stereocenters. The van der Waals surface area contributed by atoms with E-state index in [1.165, 1.54) is 0 Å². The van der Waals surface area contributed by atoms with Crippen LogP contribution < -0.4 is 0 Å². The molecule has 1 atom stereocenters. The highest BCUT2D eigenvalue weighted by Gasteiger charge is 2.28. The van der Waals surface area contributed by atoms with Crippen LogP contribution in [0.1, 0.15) is 20.3 Å². The quantitative estimate of drug-likeness (QED) is 0.717. The molecule has 0 aromatic rings. The Labute approximate surface area is 85.5 Å². The molecular formula is C10H20N2O2. The molecule has 1 aliphatic rings. The summed E-state index contributed by atoms with van der Waals surface area (Å²) in [5, 5.41) is 8.80. The smallest absolute Gasteiger partial charge is 0.317 e. The zero-order valence-corrected chi connectivity index (χ0v) is 9.23. The van der Waals surface area contributed by atoms with Gasteiger partial charge in [0.2, 0.25) is 0 Å². The zero-order valence-electron chi connectivity index (χ0n) is 9.23. The van der Waals surface area contributed by atoms with E-state index in [-0.39, 0.29) is 6.54 Å². The van der Waals surface area contributed by atoms with E-state index in [0.717, 1.165) is 19.5 Å². The van der Waals surface area contributed by atoms with Gasteiger partial charge in [0.05, 0.1) is 6.54 Å². The fourth-order valence-electron chi connectivity index (χ4n) is 2.07. The number of rotatable bonds is 4. The van der Waals surface area contributed by atoms with Gasteiger partial charge >= 0.3 is 5.97 Å². The highest BCUT2D eigenvalue weighted by atomic mass is 16.4. The topological polar surface area (TPSA) is 43.8 Å². The average molecular weight is 200 g/mol. The molecule has 0 amide bonds. The van der Waals surface area contributed by atoms with Gasteiger partial charge in [-0.2, -0.15) is 0 Å². The zero-order chi connectivity index (χ0) is 10.7. The van der Waals surface area contributed by atoms with Crippen LogP contribution in [0.3, 0.4) is 0 Å². The van der Waals surface area contributed by atoms with Crippen molar-refractivity contribution in [3.63, 3.8) is 0 Å². The van der Waals surface area contributed by atoms with Crippen LogP contribution >= 0.6 is 0 Å². The Balaban J connectivity index is 2.54. The monoisotopic (exact) mass is 200 g/mol. The van der Waals surface area contributed by atoms with Gasteiger partial charge < -0.3 is 10.0 Å². The maximum Gasteiger partial charge on any atom is 0.317 e. The Bertz CT molecular complexity index is 206. The molecule has 0 aliphatic carbocycles. The Morgan fingerprint density at radius 3 is 2.64 bits per heavy atom. The first-order valence-electron chi connectivity index (χ1n) is 5.16. The lowest BCUT2D eigenvalue weighted by molar-refractivity contribution is -0.139. The van der Waals surface area contributed by atoms with E-state index in [0.29, 0.717) is 12.1 Å². The van der Waals surface area contributed by atoms with Crippen LogP contribution in [0.4, 0.5) is 0 Å². The molecule has 1 N–H and O–H groups in total. The maximum absolute atomic E-state index is 10.7. The molecule has 1 aliphatic heterocycles. The van der Waals surface area contributed by atoms with Gasteiger partial charge in [-0.05, 0) is 33.9 Å². The molecule has 1 heterocycles. The molecule has 4 nitrogen and oxygen atoms in total. The fraction of sp³-hybridized carbons (Fsp3) is 0.900. The summed E-state index contributed by atoms with van der Waals surface area (Å²) in [5.74, 6) is -0.728. The summed E-state index contributed by atoms with van der Waals surface area (Å²) in [6.45, 7) is 6.34. The number of likely N-dealkylation sites (tertiary alicyclic amines) is 1. The number of carboxylic acid groups (broad SMARTS) is 1. The van der Waals surface area contributed by atoms with Crippen LogP contribution in [0.25, 0.3) is 0 Å². The van der Waals surface area contributed by atoms with Gasteiger partial charge in [0.15, 0.2) is 0 Å². The van der Waals surface area contributed by atoms with Gasteiger partial charge in [-0.3, -0.25) is 9.69 Å². The largest absolute Gasteiger partial charge is 0.480 e. The van der Waals surface area contributed by atoms with Gasteiger partial charge in [-0.15, -0.1) is 0 Å². The predicted octanol–water partition coefficient (Wildman–Crippen LogP) is 0.486. The van der Waals surface area contributed by atoms with E-state index in [4.69, 9.17) is 5.11 Å². The molecule has 0 aromatic carbocycles. The van der Waals surface area contributed by atoms with Crippen molar-refractivity contribution in [2.45, 2.75) is 32.4 Å². The van der Waals surface area contributed by atoms with Gasteiger partial charge in [-0.25, -0.2) is 0 Å². The molecule has 0 radical (unpaired) electrons. The molecule has 1 fully saturated rings. The molecule has 1 saturated heterocycles. The summed E-state index contributed by atoms with van der Waals surface area (Å²) in [5.41, 5.74) is 0. The summed E-state index contributed by atoms with van der Waals surface area (Å²) in [6.07, 6.45) is 1.09. The van der Waals surface area contributed by atoms with E-state index in [9.17, 15) is 4.79 Å². The number of likely N-dealkylation sites (N-methyl/N-ethyl adjacent to an activating group) is 1. The Hall–Kier alpha value is -0.610. The summed E-state index contributed by atoms with van der Waals surface area (Å²) < 4.78 is 0. The first-order valence-corrected chi connectivity index (χ1v) is 5.16. The first kappa shape index (κ1) is 11.5. The second-order valence-corrected chi connectivity index (χ2v) is 4.36. The van der Waals surface area contributed by atoms with E-state index in [1.807, 2.05) is 0 Å².